The molecule has 3 aliphatic heterocycles. The van der Waals surface area contributed by atoms with Crippen molar-refractivity contribution in [2.75, 3.05) is 71.2 Å². The molecule has 0 spiro atoms. The molecule has 7 rings (SSSR count). The second-order valence-electron chi connectivity index (χ2n) is 12.8. The third kappa shape index (κ3) is 6.48. The number of halogens is 3. The summed E-state index contributed by atoms with van der Waals surface area (Å²) in [6.45, 7) is 3.89. The molecule has 11 nitrogen and oxygen atoms in total. The average Bonchev–Trinajstić information content (AvgIpc) is 3.49. The summed E-state index contributed by atoms with van der Waals surface area (Å²) in [4.78, 5) is 30.4. The first-order valence-electron chi connectivity index (χ1n) is 16.7. The third-order valence-corrected chi connectivity index (χ3v) is 9.62. The van der Waals surface area contributed by atoms with E-state index in [1.54, 1.807) is 0 Å². The van der Waals surface area contributed by atoms with E-state index < -0.39 is 29.4 Å². The van der Waals surface area contributed by atoms with Gasteiger partial charge in [-0.2, -0.15) is 9.97 Å². The monoisotopic (exact) mass is 690 g/mol. The number of pyridine rings is 1. The van der Waals surface area contributed by atoms with Crippen molar-refractivity contribution in [3.8, 4) is 35.4 Å². The molecule has 50 heavy (non-hydrogen) atoms. The van der Waals surface area contributed by atoms with Crippen molar-refractivity contribution in [1.29, 1.82) is 0 Å². The number of aromatic nitrogens is 3. The zero-order chi connectivity index (χ0) is 34.8. The molecule has 1 N–H and O–H groups in total. The van der Waals surface area contributed by atoms with Crippen LogP contribution >= 0.6 is 0 Å². The van der Waals surface area contributed by atoms with E-state index in [9.17, 15) is 9.18 Å². The maximum atomic E-state index is 17.0. The number of carbonyl (C=O) groups is 1. The summed E-state index contributed by atoms with van der Waals surface area (Å²) in [5, 5.41) is 3.51. The molecule has 2 aromatic heterocycles. The Labute approximate surface area is 287 Å². The van der Waals surface area contributed by atoms with E-state index in [2.05, 4.69) is 26.1 Å². The molecule has 14 heteroatoms. The molecular formula is C36H37F3N6O5. The topological polar surface area (TPSA) is 111 Å². The molecule has 2 atom stereocenters. The van der Waals surface area contributed by atoms with E-state index in [0.29, 0.717) is 55.9 Å². The highest BCUT2D eigenvalue weighted by Crippen LogP contribution is 2.42. The van der Waals surface area contributed by atoms with Crippen molar-refractivity contribution in [2.45, 2.75) is 37.4 Å². The first-order valence-corrected chi connectivity index (χ1v) is 16.7. The van der Waals surface area contributed by atoms with Crippen LogP contribution in [0.4, 0.5) is 23.8 Å². The van der Waals surface area contributed by atoms with Gasteiger partial charge in [0, 0.05) is 63.5 Å². The van der Waals surface area contributed by atoms with Gasteiger partial charge in [0.2, 0.25) is 0 Å². The van der Waals surface area contributed by atoms with Crippen molar-refractivity contribution < 1.29 is 36.9 Å². The van der Waals surface area contributed by atoms with Gasteiger partial charge in [-0.15, -0.1) is 6.42 Å². The minimum absolute atomic E-state index is 0.0534. The minimum atomic E-state index is -0.945. The quantitative estimate of drug-likeness (QED) is 0.190. The van der Waals surface area contributed by atoms with Crippen LogP contribution in [-0.4, -0.2) is 104 Å². The van der Waals surface area contributed by atoms with E-state index in [1.807, 2.05) is 4.90 Å². The van der Waals surface area contributed by atoms with Gasteiger partial charge < -0.3 is 29.2 Å². The van der Waals surface area contributed by atoms with Gasteiger partial charge in [-0.1, -0.05) is 12.0 Å². The van der Waals surface area contributed by atoms with Crippen LogP contribution in [0.5, 0.6) is 11.8 Å². The molecule has 0 unspecified atom stereocenters. The summed E-state index contributed by atoms with van der Waals surface area (Å²) >= 11 is 0. The Kier molecular flexibility index (Phi) is 9.63. The normalized spacial score (nSPS) is 20.9. The van der Waals surface area contributed by atoms with Crippen molar-refractivity contribution in [2.24, 2.45) is 0 Å². The highest BCUT2D eigenvalue weighted by molar-refractivity contribution is 6.03. The lowest BCUT2D eigenvalue weighted by atomic mass is 9.95. The molecule has 0 aliphatic carbocycles. The number of hydrogen-bond donors (Lipinski definition) is 1. The van der Waals surface area contributed by atoms with Crippen LogP contribution in [0.15, 0.2) is 30.5 Å². The van der Waals surface area contributed by atoms with E-state index in [1.165, 1.54) is 37.6 Å². The largest absolute Gasteiger partial charge is 0.461 e. The number of alkyl halides is 1. The summed E-state index contributed by atoms with van der Waals surface area (Å²) in [6, 6.07) is 5.51. The molecule has 0 bridgehead atoms. The Balaban J connectivity index is 1.35. The van der Waals surface area contributed by atoms with E-state index >= 15 is 8.78 Å². The number of fused-ring (bicyclic) bond motifs is 3. The molecule has 0 radical (unpaired) electrons. The van der Waals surface area contributed by atoms with Crippen LogP contribution < -0.4 is 19.7 Å². The highest BCUT2D eigenvalue weighted by Gasteiger charge is 2.49. The summed E-state index contributed by atoms with van der Waals surface area (Å²) in [5.41, 5.74) is -0.746. The van der Waals surface area contributed by atoms with Gasteiger partial charge in [-0.3, -0.25) is 9.88 Å². The van der Waals surface area contributed by atoms with Gasteiger partial charge in [-0.05, 0) is 49.4 Å². The van der Waals surface area contributed by atoms with E-state index in [-0.39, 0.29) is 59.2 Å². The minimum Gasteiger partial charge on any atom is -0.461 e. The number of nitrogens with zero attached hydrogens (tertiary/aromatic N) is 5. The van der Waals surface area contributed by atoms with Gasteiger partial charge in [-0.25, -0.2) is 18.0 Å². The van der Waals surface area contributed by atoms with Crippen LogP contribution in [0.3, 0.4) is 0 Å². The Hall–Kier alpha value is -4.71. The number of anilines is 1. The highest BCUT2D eigenvalue weighted by atomic mass is 19.1. The number of hydrogen-bond acceptors (Lipinski definition) is 10. The van der Waals surface area contributed by atoms with Crippen LogP contribution in [0.1, 0.15) is 31.2 Å². The molecular weight excluding hydrogens is 653 g/mol. The smallest absolute Gasteiger partial charge is 0.412 e. The standard InChI is InChI=1S/C36H37F3N6O5/c1-3-25-28(38)7-6-22-16-24(50-35(46)40-9-14-47-2)17-26(29(22)25)31-30(39)32-27(19-41-31)33(44-10-5-13-48-15-12-44)43-34(42-32)49-21-36-8-4-11-45(36)20-23(37)18-36/h1,6-7,16-17,19,23H,4-5,8-15,18,20-21H2,2H3,(H,40,46)/t23-,36+/m1/s1. The van der Waals surface area contributed by atoms with Gasteiger partial charge in [0.15, 0.2) is 5.82 Å². The number of nitrogens with one attached hydrogen (secondary N) is 1. The molecule has 3 saturated heterocycles. The fourth-order valence-corrected chi connectivity index (χ4v) is 7.32. The van der Waals surface area contributed by atoms with Crippen molar-refractivity contribution in [3.05, 3.63) is 47.7 Å². The molecule has 1 amide bonds. The number of amides is 1. The molecule has 5 heterocycles. The molecule has 0 saturated carbocycles. The summed E-state index contributed by atoms with van der Waals surface area (Å²) in [5.74, 6) is 1.34. The van der Waals surface area contributed by atoms with Crippen LogP contribution in [0.25, 0.3) is 32.9 Å². The lowest BCUT2D eigenvalue weighted by Gasteiger charge is -2.31. The fourth-order valence-electron chi connectivity index (χ4n) is 7.32. The lowest BCUT2D eigenvalue weighted by molar-refractivity contribution is 0.107. The van der Waals surface area contributed by atoms with Crippen molar-refractivity contribution in [3.63, 3.8) is 0 Å². The number of carbonyl (C=O) groups excluding carboxylic acids is 1. The van der Waals surface area contributed by atoms with Gasteiger partial charge in [0.1, 0.15) is 41.4 Å². The Morgan fingerprint density at radius 2 is 2.06 bits per heavy atom. The first kappa shape index (κ1) is 33.8. The van der Waals surface area contributed by atoms with Crippen molar-refractivity contribution >= 4 is 33.6 Å². The number of rotatable bonds is 9. The molecule has 262 valence electrons. The predicted octanol–water partition coefficient (Wildman–Crippen LogP) is 5.02. The lowest BCUT2D eigenvalue weighted by Crippen LogP contribution is -2.43. The Morgan fingerprint density at radius 1 is 1.18 bits per heavy atom. The van der Waals surface area contributed by atoms with Crippen molar-refractivity contribution in [1.82, 2.24) is 25.2 Å². The summed E-state index contributed by atoms with van der Waals surface area (Å²) < 4.78 is 69.0. The molecule has 4 aromatic rings. The Bertz CT molecular complexity index is 1970. The predicted molar refractivity (Wildman–Crippen MR) is 180 cm³/mol. The number of terminal acetylenes is 1. The molecule has 2 aromatic carbocycles. The second-order valence-corrected chi connectivity index (χ2v) is 12.8. The first-order chi connectivity index (χ1) is 24.3. The number of benzene rings is 2. The Morgan fingerprint density at radius 3 is 2.90 bits per heavy atom. The maximum Gasteiger partial charge on any atom is 0.412 e. The van der Waals surface area contributed by atoms with E-state index in [0.717, 1.165) is 25.8 Å². The van der Waals surface area contributed by atoms with Crippen LogP contribution in [-0.2, 0) is 9.47 Å². The van der Waals surface area contributed by atoms with Crippen LogP contribution in [0, 0.1) is 24.0 Å². The van der Waals surface area contributed by atoms with Crippen LogP contribution in [0.2, 0.25) is 0 Å². The zero-order valence-electron chi connectivity index (χ0n) is 27.6. The maximum absolute atomic E-state index is 17.0. The molecule has 3 fully saturated rings. The summed E-state index contributed by atoms with van der Waals surface area (Å²) in [6.07, 6.45) is 8.30. The number of ether oxygens (including phenoxy) is 4. The van der Waals surface area contributed by atoms with Gasteiger partial charge in [0.25, 0.3) is 0 Å². The SMILES string of the molecule is C#Cc1c(F)ccc2cc(OC(=O)NCCOC)cc(-c3ncc4c(N5CCCOCC5)nc(OC[C@@]56CCCN5C[C@H](F)C6)nc4c3F)c12. The number of methoxy groups -OCH3 is 1. The van der Waals surface area contributed by atoms with Gasteiger partial charge in [0.05, 0.1) is 29.7 Å². The molecule has 3 aliphatic rings. The summed E-state index contributed by atoms with van der Waals surface area (Å²) in [7, 11) is 1.50. The van der Waals surface area contributed by atoms with Gasteiger partial charge >= 0.3 is 12.1 Å². The zero-order valence-corrected chi connectivity index (χ0v) is 27.6. The fraction of sp³-hybridized carbons (Fsp3) is 0.444. The second kappa shape index (κ2) is 14.3. The third-order valence-electron chi connectivity index (χ3n) is 9.62. The average molecular weight is 691 g/mol. The van der Waals surface area contributed by atoms with E-state index in [4.69, 9.17) is 30.4 Å².